The number of carbonyl (C=O) groups is 1. The van der Waals surface area contributed by atoms with Crippen molar-refractivity contribution in [2.24, 2.45) is 5.92 Å². The van der Waals surface area contributed by atoms with Crippen molar-refractivity contribution in [3.8, 4) is 0 Å². The number of amides is 1. The number of hydrogen-bond donors (Lipinski definition) is 2. The Morgan fingerprint density at radius 2 is 1.75 bits per heavy atom. The number of anilines is 2. The number of halogens is 1. The number of nitrogens with one attached hydrogen (secondary N) is 2. The predicted molar refractivity (Wildman–Crippen MR) is 87.9 cm³/mol. The highest BCUT2D eigenvalue weighted by Crippen LogP contribution is 2.17. The van der Waals surface area contributed by atoms with Crippen molar-refractivity contribution in [3.63, 3.8) is 0 Å². The molecule has 0 saturated carbocycles. The summed E-state index contributed by atoms with van der Waals surface area (Å²) < 4.78 is 18.1. The number of carbonyl (C=O) groups excluding carboxylic acids is 1. The summed E-state index contributed by atoms with van der Waals surface area (Å²) in [7, 11) is 0. The molecule has 1 aliphatic rings. The smallest absolute Gasteiger partial charge is 0.228 e. The van der Waals surface area contributed by atoms with Crippen LogP contribution in [0.25, 0.3) is 0 Å². The molecule has 2 heterocycles. The van der Waals surface area contributed by atoms with Crippen LogP contribution in [-0.4, -0.2) is 29.3 Å². The van der Waals surface area contributed by atoms with Crippen LogP contribution in [0.15, 0.2) is 36.4 Å². The molecule has 1 aromatic carbocycles. The molecule has 0 bridgehead atoms. The van der Waals surface area contributed by atoms with E-state index in [2.05, 4.69) is 20.8 Å². The molecule has 6 nitrogen and oxygen atoms in total. The summed E-state index contributed by atoms with van der Waals surface area (Å²) in [5.74, 6) is 0.682. The monoisotopic (exact) mass is 330 g/mol. The summed E-state index contributed by atoms with van der Waals surface area (Å²) in [4.78, 5) is 12.1. The summed E-state index contributed by atoms with van der Waals surface area (Å²) in [6.07, 6.45) is 1.47. The molecular formula is C17H19FN4O2. The fourth-order valence-corrected chi connectivity index (χ4v) is 2.48. The number of ether oxygens (including phenoxy) is 1. The molecule has 1 aromatic heterocycles. The van der Waals surface area contributed by atoms with Gasteiger partial charge in [-0.15, -0.1) is 10.2 Å². The van der Waals surface area contributed by atoms with E-state index in [9.17, 15) is 9.18 Å². The lowest BCUT2D eigenvalue weighted by Crippen LogP contribution is -2.28. The Labute approximate surface area is 139 Å². The van der Waals surface area contributed by atoms with Crippen LogP contribution in [0.2, 0.25) is 0 Å². The van der Waals surface area contributed by atoms with Gasteiger partial charge in [0.25, 0.3) is 0 Å². The maximum atomic E-state index is 12.8. The molecule has 1 aliphatic heterocycles. The van der Waals surface area contributed by atoms with E-state index in [0.29, 0.717) is 31.4 Å². The fourth-order valence-electron chi connectivity index (χ4n) is 2.48. The zero-order chi connectivity index (χ0) is 16.8. The van der Waals surface area contributed by atoms with Crippen LogP contribution in [0.4, 0.5) is 16.0 Å². The second-order valence-corrected chi connectivity index (χ2v) is 5.66. The lowest BCUT2D eigenvalue weighted by molar-refractivity contribution is -0.122. The highest BCUT2D eigenvalue weighted by Gasteiger charge is 2.21. The van der Waals surface area contributed by atoms with E-state index in [1.807, 2.05) is 0 Å². The highest BCUT2D eigenvalue weighted by molar-refractivity contribution is 5.91. The summed E-state index contributed by atoms with van der Waals surface area (Å²) in [5.41, 5.74) is 0.940. The van der Waals surface area contributed by atoms with Crippen molar-refractivity contribution in [2.45, 2.75) is 19.4 Å². The molecule has 2 aromatic rings. The Morgan fingerprint density at radius 3 is 2.42 bits per heavy atom. The lowest BCUT2D eigenvalue weighted by Gasteiger charge is -2.20. The number of aromatic nitrogens is 2. The predicted octanol–water partition coefficient (Wildman–Crippen LogP) is 2.59. The molecule has 1 fully saturated rings. The van der Waals surface area contributed by atoms with E-state index < -0.39 is 0 Å². The molecule has 126 valence electrons. The molecule has 3 rings (SSSR count). The molecule has 1 amide bonds. The van der Waals surface area contributed by atoms with Gasteiger partial charge in [0.2, 0.25) is 5.91 Å². The van der Waals surface area contributed by atoms with Crippen molar-refractivity contribution in [2.75, 3.05) is 23.8 Å². The molecule has 1 saturated heterocycles. The van der Waals surface area contributed by atoms with Crippen molar-refractivity contribution in [3.05, 3.63) is 47.8 Å². The number of rotatable bonds is 5. The van der Waals surface area contributed by atoms with Crippen LogP contribution >= 0.6 is 0 Å². The Hall–Kier alpha value is -2.54. The minimum atomic E-state index is -0.261. The fraction of sp³-hybridized carbons (Fsp3) is 0.353. The van der Waals surface area contributed by atoms with E-state index in [0.717, 1.165) is 18.4 Å². The Morgan fingerprint density at radius 1 is 1.08 bits per heavy atom. The van der Waals surface area contributed by atoms with Crippen molar-refractivity contribution >= 4 is 17.5 Å². The highest BCUT2D eigenvalue weighted by atomic mass is 19.1. The summed E-state index contributed by atoms with van der Waals surface area (Å²) in [6, 6.07) is 9.69. The van der Waals surface area contributed by atoms with Crippen LogP contribution in [0.3, 0.4) is 0 Å². The quantitative estimate of drug-likeness (QED) is 0.881. The molecule has 0 aliphatic carbocycles. The first-order chi connectivity index (χ1) is 11.7. The van der Waals surface area contributed by atoms with Gasteiger partial charge in [0.1, 0.15) is 11.6 Å². The third kappa shape index (κ3) is 4.48. The lowest BCUT2D eigenvalue weighted by atomic mass is 9.99. The van der Waals surface area contributed by atoms with Gasteiger partial charge in [-0.25, -0.2) is 4.39 Å². The second kappa shape index (κ2) is 7.83. The van der Waals surface area contributed by atoms with Gasteiger partial charge >= 0.3 is 0 Å². The zero-order valence-corrected chi connectivity index (χ0v) is 13.2. The Balaban J connectivity index is 1.51. The molecule has 7 heteroatoms. The number of nitrogens with zero attached hydrogens (tertiary/aromatic N) is 2. The van der Waals surface area contributed by atoms with Gasteiger partial charge in [-0.2, -0.15) is 0 Å². The average Bonchev–Trinajstić information content (AvgIpc) is 2.63. The van der Waals surface area contributed by atoms with Crippen LogP contribution in [0.1, 0.15) is 18.4 Å². The number of hydrogen-bond acceptors (Lipinski definition) is 5. The van der Waals surface area contributed by atoms with E-state index >= 15 is 0 Å². The molecule has 0 radical (unpaired) electrons. The van der Waals surface area contributed by atoms with Crippen molar-refractivity contribution in [1.82, 2.24) is 10.2 Å². The van der Waals surface area contributed by atoms with E-state index in [4.69, 9.17) is 4.74 Å². The second-order valence-electron chi connectivity index (χ2n) is 5.66. The number of benzene rings is 1. The average molecular weight is 330 g/mol. The van der Waals surface area contributed by atoms with Crippen LogP contribution in [0, 0.1) is 11.7 Å². The maximum absolute atomic E-state index is 12.8. The third-order valence-electron chi connectivity index (χ3n) is 3.89. The van der Waals surface area contributed by atoms with Gasteiger partial charge in [0.15, 0.2) is 5.82 Å². The molecule has 2 N–H and O–H groups in total. The summed E-state index contributed by atoms with van der Waals surface area (Å²) in [6.45, 7) is 1.76. The van der Waals surface area contributed by atoms with Crippen LogP contribution < -0.4 is 10.6 Å². The molecule has 0 atom stereocenters. The van der Waals surface area contributed by atoms with Gasteiger partial charge in [0, 0.05) is 25.7 Å². The first kappa shape index (κ1) is 16.3. The van der Waals surface area contributed by atoms with E-state index in [-0.39, 0.29) is 17.6 Å². The molecule has 0 spiro atoms. The SMILES string of the molecule is O=C(Nc1ccc(NCc2ccc(F)cc2)nn1)C1CCOCC1. The molecule has 24 heavy (non-hydrogen) atoms. The zero-order valence-electron chi connectivity index (χ0n) is 13.2. The minimum absolute atomic E-state index is 0.0307. The van der Waals surface area contributed by atoms with Gasteiger partial charge in [0.05, 0.1) is 0 Å². The van der Waals surface area contributed by atoms with Crippen LogP contribution in [0.5, 0.6) is 0 Å². The Bertz CT molecular complexity index is 670. The van der Waals surface area contributed by atoms with Crippen molar-refractivity contribution in [1.29, 1.82) is 0 Å². The maximum Gasteiger partial charge on any atom is 0.228 e. The summed E-state index contributed by atoms with van der Waals surface area (Å²) >= 11 is 0. The standard InChI is InChI=1S/C17H19FN4O2/c18-14-3-1-12(2-4-14)11-19-15-5-6-16(22-21-15)20-17(23)13-7-9-24-10-8-13/h1-6,13H,7-11H2,(H,19,21)(H,20,22,23). The van der Waals surface area contributed by atoms with E-state index in [1.54, 1.807) is 24.3 Å². The summed E-state index contributed by atoms with van der Waals surface area (Å²) in [5, 5.41) is 13.9. The van der Waals surface area contributed by atoms with Gasteiger partial charge < -0.3 is 15.4 Å². The van der Waals surface area contributed by atoms with Gasteiger partial charge in [-0.05, 0) is 42.7 Å². The largest absolute Gasteiger partial charge is 0.381 e. The van der Waals surface area contributed by atoms with Gasteiger partial charge in [-0.3, -0.25) is 4.79 Å². The molecular weight excluding hydrogens is 311 g/mol. The Kier molecular flexibility index (Phi) is 5.32. The molecule has 0 unspecified atom stereocenters. The topological polar surface area (TPSA) is 76.1 Å². The van der Waals surface area contributed by atoms with Gasteiger partial charge in [-0.1, -0.05) is 12.1 Å². The normalized spacial score (nSPS) is 15.0. The van der Waals surface area contributed by atoms with Crippen molar-refractivity contribution < 1.29 is 13.9 Å². The third-order valence-corrected chi connectivity index (χ3v) is 3.89. The first-order valence-corrected chi connectivity index (χ1v) is 7.91. The first-order valence-electron chi connectivity index (χ1n) is 7.91. The van der Waals surface area contributed by atoms with Crippen LogP contribution in [-0.2, 0) is 16.1 Å². The van der Waals surface area contributed by atoms with E-state index in [1.165, 1.54) is 12.1 Å². The minimum Gasteiger partial charge on any atom is -0.381 e.